The molecule has 1 aliphatic rings. The summed E-state index contributed by atoms with van der Waals surface area (Å²) in [6, 6.07) is 0. The van der Waals surface area contributed by atoms with Crippen LogP contribution in [0.3, 0.4) is 0 Å². The van der Waals surface area contributed by atoms with Gasteiger partial charge in [-0.1, -0.05) is 0 Å². The topological polar surface area (TPSA) is 34.9 Å². The van der Waals surface area contributed by atoms with Crippen molar-refractivity contribution < 1.29 is 4.79 Å². The summed E-state index contributed by atoms with van der Waals surface area (Å²) in [6.07, 6.45) is 4.99. The molecule has 3 nitrogen and oxygen atoms in total. The van der Waals surface area contributed by atoms with E-state index in [0.29, 0.717) is 12.3 Å². The molecule has 1 aliphatic carbocycles. The third-order valence-electron chi connectivity index (χ3n) is 2.48. The summed E-state index contributed by atoms with van der Waals surface area (Å²) in [5.74, 6) is 0.917. The maximum Gasteiger partial charge on any atom is 0.166 e. The van der Waals surface area contributed by atoms with Crippen LogP contribution in [-0.4, -0.2) is 15.6 Å². The van der Waals surface area contributed by atoms with Crippen molar-refractivity contribution in [3.63, 3.8) is 0 Å². The van der Waals surface area contributed by atoms with E-state index in [-0.39, 0.29) is 5.78 Å². The monoisotopic (exact) mass is 178 g/mol. The second-order valence-electron chi connectivity index (χ2n) is 3.87. The Morgan fingerprint density at radius 1 is 1.69 bits per heavy atom. The predicted octanol–water partition coefficient (Wildman–Crippen LogP) is 1.71. The van der Waals surface area contributed by atoms with Gasteiger partial charge in [0.1, 0.15) is 0 Å². The number of carbonyl (C=O) groups is 1. The zero-order valence-electron chi connectivity index (χ0n) is 8.08. The number of ketones is 1. The van der Waals surface area contributed by atoms with Crippen molar-refractivity contribution >= 4 is 5.78 Å². The third-order valence-corrected chi connectivity index (χ3v) is 2.48. The van der Waals surface area contributed by atoms with Gasteiger partial charge in [-0.3, -0.25) is 9.48 Å². The Kier molecular flexibility index (Phi) is 1.94. The van der Waals surface area contributed by atoms with E-state index in [1.807, 2.05) is 20.2 Å². The quantitative estimate of drug-likeness (QED) is 0.660. The Balaban J connectivity index is 2.13. The first-order valence-corrected chi connectivity index (χ1v) is 4.70. The fourth-order valence-corrected chi connectivity index (χ4v) is 1.57. The van der Waals surface area contributed by atoms with Crippen LogP contribution < -0.4 is 0 Å². The van der Waals surface area contributed by atoms with Gasteiger partial charge in [0.15, 0.2) is 5.78 Å². The van der Waals surface area contributed by atoms with Crippen molar-refractivity contribution in [2.45, 2.75) is 26.2 Å². The fourth-order valence-electron chi connectivity index (χ4n) is 1.57. The summed E-state index contributed by atoms with van der Waals surface area (Å²) in [7, 11) is 1.85. The van der Waals surface area contributed by atoms with Crippen molar-refractivity contribution in [3.05, 3.63) is 17.5 Å². The lowest BCUT2D eigenvalue weighted by molar-refractivity contribution is 0.0975. The number of hydrogen-bond acceptors (Lipinski definition) is 2. The molecule has 0 aromatic carbocycles. The molecule has 0 spiro atoms. The molecular formula is C10H14N2O. The van der Waals surface area contributed by atoms with Crippen molar-refractivity contribution in [1.82, 2.24) is 9.78 Å². The Hall–Kier alpha value is -1.12. The van der Waals surface area contributed by atoms with Crippen LogP contribution in [0.2, 0.25) is 0 Å². The number of aromatic nitrogens is 2. The second kappa shape index (κ2) is 2.98. The van der Waals surface area contributed by atoms with Crippen LogP contribution in [0, 0.1) is 12.8 Å². The van der Waals surface area contributed by atoms with Gasteiger partial charge >= 0.3 is 0 Å². The highest BCUT2D eigenvalue weighted by Gasteiger charge is 2.26. The van der Waals surface area contributed by atoms with Crippen LogP contribution in [0.5, 0.6) is 0 Å². The van der Waals surface area contributed by atoms with E-state index in [9.17, 15) is 4.79 Å². The smallest absolute Gasteiger partial charge is 0.166 e. The molecule has 0 saturated heterocycles. The lowest BCUT2D eigenvalue weighted by Gasteiger charge is -1.95. The van der Waals surface area contributed by atoms with Crippen LogP contribution in [0.1, 0.15) is 35.3 Å². The van der Waals surface area contributed by atoms with Crippen LogP contribution in [0.4, 0.5) is 0 Å². The fraction of sp³-hybridized carbons (Fsp3) is 0.600. The number of Topliss-reactive ketones (excluding diaryl/α,β-unsaturated/α-hetero) is 1. The minimum atomic E-state index is 0.258. The molecule has 1 heterocycles. The molecular weight excluding hydrogens is 164 g/mol. The second-order valence-corrected chi connectivity index (χ2v) is 3.87. The van der Waals surface area contributed by atoms with Crippen LogP contribution >= 0.6 is 0 Å². The summed E-state index contributed by atoms with van der Waals surface area (Å²) in [6.45, 7) is 1.89. The molecule has 0 unspecified atom stereocenters. The Morgan fingerprint density at radius 2 is 2.38 bits per heavy atom. The lowest BCUT2D eigenvalue weighted by atomic mass is 10.1. The molecule has 1 aromatic heterocycles. The van der Waals surface area contributed by atoms with E-state index < -0.39 is 0 Å². The van der Waals surface area contributed by atoms with Crippen molar-refractivity contribution in [2.75, 3.05) is 0 Å². The van der Waals surface area contributed by atoms with E-state index >= 15 is 0 Å². The first-order valence-electron chi connectivity index (χ1n) is 4.70. The number of carbonyl (C=O) groups excluding carboxylic acids is 1. The number of nitrogens with zero attached hydrogens (tertiary/aromatic N) is 2. The summed E-state index contributed by atoms with van der Waals surface area (Å²) in [4.78, 5) is 11.7. The first kappa shape index (κ1) is 8.48. The largest absolute Gasteiger partial charge is 0.294 e. The molecule has 3 heteroatoms. The van der Waals surface area contributed by atoms with E-state index in [4.69, 9.17) is 0 Å². The van der Waals surface area contributed by atoms with Gasteiger partial charge in [0.25, 0.3) is 0 Å². The molecule has 0 N–H and O–H groups in total. The normalized spacial score (nSPS) is 16.2. The van der Waals surface area contributed by atoms with Gasteiger partial charge in [-0.15, -0.1) is 0 Å². The Morgan fingerprint density at radius 3 is 2.85 bits per heavy atom. The van der Waals surface area contributed by atoms with E-state index in [2.05, 4.69) is 5.10 Å². The van der Waals surface area contributed by atoms with Crippen molar-refractivity contribution in [3.8, 4) is 0 Å². The maximum absolute atomic E-state index is 11.7. The van der Waals surface area contributed by atoms with Crippen molar-refractivity contribution in [1.29, 1.82) is 0 Å². The van der Waals surface area contributed by atoms with Gasteiger partial charge in [-0.25, -0.2) is 0 Å². The minimum absolute atomic E-state index is 0.258. The van der Waals surface area contributed by atoms with Gasteiger partial charge in [-0.2, -0.15) is 5.10 Å². The standard InChI is InChI=1S/C10H14N2O/c1-7-9(6-12(2)11-7)10(13)5-8-3-4-8/h6,8H,3-5H2,1-2H3. The summed E-state index contributed by atoms with van der Waals surface area (Å²) in [5, 5.41) is 4.16. The SMILES string of the molecule is Cc1nn(C)cc1C(=O)CC1CC1. The maximum atomic E-state index is 11.7. The Labute approximate surface area is 77.7 Å². The number of rotatable bonds is 3. The highest BCUT2D eigenvalue weighted by atomic mass is 16.1. The van der Waals surface area contributed by atoms with E-state index in [1.54, 1.807) is 4.68 Å². The van der Waals surface area contributed by atoms with Crippen molar-refractivity contribution in [2.24, 2.45) is 13.0 Å². The minimum Gasteiger partial charge on any atom is -0.294 e. The van der Waals surface area contributed by atoms with Crippen LogP contribution in [0.25, 0.3) is 0 Å². The molecule has 13 heavy (non-hydrogen) atoms. The van der Waals surface area contributed by atoms with Gasteiger partial charge in [0.05, 0.1) is 11.3 Å². The van der Waals surface area contributed by atoms with Crippen LogP contribution in [-0.2, 0) is 7.05 Å². The predicted molar refractivity (Wildman–Crippen MR) is 49.6 cm³/mol. The van der Waals surface area contributed by atoms with Gasteiger partial charge in [0.2, 0.25) is 0 Å². The van der Waals surface area contributed by atoms with E-state index in [0.717, 1.165) is 11.3 Å². The molecule has 0 amide bonds. The molecule has 0 aliphatic heterocycles. The summed E-state index contributed by atoms with van der Waals surface area (Å²) in [5.41, 5.74) is 1.66. The zero-order valence-corrected chi connectivity index (χ0v) is 8.08. The molecule has 0 atom stereocenters. The third kappa shape index (κ3) is 1.79. The number of aryl methyl sites for hydroxylation is 2. The van der Waals surface area contributed by atoms with Crippen LogP contribution in [0.15, 0.2) is 6.20 Å². The molecule has 70 valence electrons. The molecule has 1 saturated carbocycles. The van der Waals surface area contributed by atoms with E-state index in [1.165, 1.54) is 12.8 Å². The first-order chi connectivity index (χ1) is 6.16. The average molecular weight is 178 g/mol. The van der Waals surface area contributed by atoms with Gasteiger partial charge in [0, 0.05) is 19.7 Å². The van der Waals surface area contributed by atoms with Gasteiger partial charge in [-0.05, 0) is 25.7 Å². The lowest BCUT2D eigenvalue weighted by Crippen LogP contribution is -2.00. The molecule has 2 rings (SSSR count). The molecule has 1 aromatic rings. The molecule has 0 bridgehead atoms. The number of hydrogen-bond donors (Lipinski definition) is 0. The summed E-state index contributed by atoms with van der Waals surface area (Å²) < 4.78 is 1.70. The highest BCUT2D eigenvalue weighted by molar-refractivity contribution is 5.97. The average Bonchev–Trinajstić information content (AvgIpc) is 2.77. The molecule has 0 radical (unpaired) electrons. The zero-order chi connectivity index (χ0) is 9.42. The van der Waals surface area contributed by atoms with Gasteiger partial charge < -0.3 is 0 Å². The highest BCUT2D eigenvalue weighted by Crippen LogP contribution is 2.33. The molecule has 1 fully saturated rings. The Bertz CT molecular complexity index is 337. The summed E-state index contributed by atoms with van der Waals surface area (Å²) >= 11 is 0.